The van der Waals surface area contributed by atoms with Crippen LogP contribution in [0.4, 0.5) is 0 Å². The first kappa shape index (κ1) is 9.69. The van der Waals surface area contributed by atoms with E-state index in [-0.39, 0.29) is 12.0 Å². The number of rotatable bonds is 2. The largest absolute Gasteiger partial charge is 0.321 e. The summed E-state index contributed by atoms with van der Waals surface area (Å²) in [6.45, 7) is 0. The summed E-state index contributed by atoms with van der Waals surface area (Å²) in [6.07, 6.45) is 0.153. The molecule has 0 unspecified atom stereocenters. The summed E-state index contributed by atoms with van der Waals surface area (Å²) in [7, 11) is 0. The van der Waals surface area contributed by atoms with Crippen molar-refractivity contribution in [2.45, 2.75) is 6.42 Å². The molecule has 2 rings (SSSR count). The fourth-order valence-electron chi connectivity index (χ4n) is 1.30. The highest BCUT2D eigenvalue weighted by Crippen LogP contribution is 2.21. The van der Waals surface area contributed by atoms with Gasteiger partial charge in [-0.1, -0.05) is 12.1 Å². The number of nitriles is 1. The molecule has 0 aliphatic rings. The lowest BCUT2D eigenvalue weighted by Crippen LogP contribution is -2.11. The van der Waals surface area contributed by atoms with Crippen molar-refractivity contribution in [3.05, 3.63) is 45.6 Å². The maximum atomic E-state index is 11.5. The first-order chi connectivity index (χ1) is 7.31. The molecule has 0 spiro atoms. The highest BCUT2D eigenvalue weighted by molar-refractivity contribution is 7.13. The molecule has 2 aromatic rings. The molecule has 0 aliphatic heterocycles. The Balaban J connectivity index is 2.43. The zero-order valence-corrected chi connectivity index (χ0v) is 8.67. The number of aromatic amines is 1. The Labute approximate surface area is 90.6 Å². The lowest BCUT2D eigenvalue weighted by atomic mass is 10.2. The van der Waals surface area contributed by atoms with Crippen molar-refractivity contribution in [2.75, 3.05) is 0 Å². The summed E-state index contributed by atoms with van der Waals surface area (Å²) in [6, 6.07) is 9.38. The second-order valence-corrected chi connectivity index (χ2v) is 3.99. The van der Waals surface area contributed by atoms with E-state index in [1.54, 1.807) is 17.4 Å². The van der Waals surface area contributed by atoms with E-state index in [9.17, 15) is 4.79 Å². The molecule has 0 amide bonds. The molecule has 0 radical (unpaired) electrons. The number of hydrogen-bond donors (Lipinski definition) is 1. The van der Waals surface area contributed by atoms with E-state index in [4.69, 9.17) is 5.26 Å². The van der Waals surface area contributed by atoms with Gasteiger partial charge in [-0.25, -0.2) is 0 Å². The normalized spacial score (nSPS) is 9.80. The minimum atomic E-state index is -0.178. The first-order valence-electron chi connectivity index (χ1n) is 4.44. The number of thiophene rings is 1. The van der Waals surface area contributed by atoms with Crippen LogP contribution in [0.3, 0.4) is 0 Å². The van der Waals surface area contributed by atoms with Crippen LogP contribution in [0.25, 0.3) is 10.6 Å². The van der Waals surface area contributed by atoms with Crippen LogP contribution in [-0.2, 0) is 6.42 Å². The molecule has 0 fully saturated rings. The van der Waals surface area contributed by atoms with Gasteiger partial charge in [0.25, 0.3) is 5.56 Å². The lowest BCUT2D eigenvalue weighted by Gasteiger charge is -1.98. The molecular weight excluding hydrogens is 208 g/mol. The zero-order valence-electron chi connectivity index (χ0n) is 7.86. The van der Waals surface area contributed by atoms with Crippen molar-refractivity contribution in [3.8, 4) is 16.6 Å². The van der Waals surface area contributed by atoms with Crippen LogP contribution in [-0.4, -0.2) is 4.98 Å². The molecule has 0 saturated carbocycles. The number of aromatic nitrogens is 1. The third-order valence-corrected chi connectivity index (χ3v) is 2.95. The van der Waals surface area contributed by atoms with Gasteiger partial charge in [-0.2, -0.15) is 5.26 Å². The van der Waals surface area contributed by atoms with Crippen molar-refractivity contribution in [3.63, 3.8) is 0 Å². The van der Waals surface area contributed by atoms with Gasteiger partial charge in [0, 0.05) is 5.56 Å². The van der Waals surface area contributed by atoms with Gasteiger partial charge in [0.05, 0.1) is 23.1 Å². The van der Waals surface area contributed by atoms with Crippen molar-refractivity contribution < 1.29 is 0 Å². The van der Waals surface area contributed by atoms with E-state index >= 15 is 0 Å². The first-order valence-corrected chi connectivity index (χ1v) is 5.32. The highest BCUT2D eigenvalue weighted by atomic mass is 32.1. The average molecular weight is 216 g/mol. The number of pyridine rings is 1. The number of nitrogens with zero attached hydrogens (tertiary/aromatic N) is 1. The van der Waals surface area contributed by atoms with Crippen molar-refractivity contribution >= 4 is 11.3 Å². The standard InChI is InChI=1S/C11H8N2OS/c12-6-5-8-3-4-9(13-11(8)14)10-2-1-7-15-10/h1-4,7H,5H2,(H,13,14). The second-order valence-electron chi connectivity index (χ2n) is 3.04. The fraction of sp³-hybridized carbons (Fsp3) is 0.0909. The van der Waals surface area contributed by atoms with Crippen molar-refractivity contribution in [1.29, 1.82) is 5.26 Å². The number of hydrogen-bond acceptors (Lipinski definition) is 3. The van der Waals surface area contributed by atoms with Crippen LogP contribution >= 0.6 is 11.3 Å². The number of H-pyrrole nitrogens is 1. The molecular formula is C11H8N2OS. The second kappa shape index (κ2) is 4.11. The van der Waals surface area contributed by atoms with E-state index in [0.717, 1.165) is 10.6 Å². The number of nitrogens with one attached hydrogen (secondary N) is 1. The predicted molar refractivity (Wildman–Crippen MR) is 59.7 cm³/mol. The van der Waals surface area contributed by atoms with Crippen LogP contribution < -0.4 is 5.56 Å². The van der Waals surface area contributed by atoms with Crippen molar-refractivity contribution in [2.24, 2.45) is 0 Å². The molecule has 0 aromatic carbocycles. The molecule has 74 valence electrons. The molecule has 0 atom stereocenters. The van der Waals surface area contributed by atoms with Crippen LogP contribution in [0.2, 0.25) is 0 Å². The van der Waals surface area contributed by atoms with Gasteiger partial charge >= 0.3 is 0 Å². The Morgan fingerprint density at radius 3 is 2.87 bits per heavy atom. The third kappa shape index (κ3) is 1.97. The summed E-state index contributed by atoms with van der Waals surface area (Å²) in [5.74, 6) is 0. The van der Waals surface area contributed by atoms with Crippen molar-refractivity contribution in [1.82, 2.24) is 4.98 Å². The lowest BCUT2D eigenvalue weighted by molar-refractivity contribution is 1.13. The van der Waals surface area contributed by atoms with E-state index in [1.165, 1.54) is 0 Å². The third-order valence-electron chi connectivity index (χ3n) is 2.05. The van der Waals surface area contributed by atoms with E-state index in [1.807, 2.05) is 29.6 Å². The maximum Gasteiger partial charge on any atom is 0.252 e. The molecule has 0 aliphatic carbocycles. The van der Waals surface area contributed by atoms with Gasteiger partial charge in [0.1, 0.15) is 0 Å². The van der Waals surface area contributed by atoms with Crippen LogP contribution in [0, 0.1) is 11.3 Å². The Morgan fingerprint density at radius 1 is 1.40 bits per heavy atom. The Hall–Kier alpha value is -1.86. The van der Waals surface area contributed by atoms with Crippen LogP contribution in [0.15, 0.2) is 34.4 Å². The molecule has 1 N–H and O–H groups in total. The topological polar surface area (TPSA) is 56.6 Å². The average Bonchev–Trinajstić information content (AvgIpc) is 2.74. The smallest absolute Gasteiger partial charge is 0.252 e. The summed E-state index contributed by atoms with van der Waals surface area (Å²) in [4.78, 5) is 15.3. The molecule has 15 heavy (non-hydrogen) atoms. The molecule has 3 nitrogen and oxygen atoms in total. The molecule has 2 aromatic heterocycles. The maximum absolute atomic E-state index is 11.5. The quantitative estimate of drug-likeness (QED) is 0.836. The summed E-state index contributed by atoms with van der Waals surface area (Å²) < 4.78 is 0. The van der Waals surface area contributed by atoms with Gasteiger partial charge in [0.15, 0.2) is 0 Å². The Kier molecular flexibility index (Phi) is 2.66. The van der Waals surface area contributed by atoms with Gasteiger partial charge in [-0.3, -0.25) is 4.79 Å². The van der Waals surface area contributed by atoms with Crippen LogP contribution in [0.1, 0.15) is 5.56 Å². The SMILES string of the molecule is N#CCc1ccc(-c2cccs2)[nH]c1=O. The van der Waals surface area contributed by atoms with E-state index < -0.39 is 0 Å². The van der Waals surface area contributed by atoms with Gasteiger partial charge in [-0.05, 0) is 17.5 Å². The Bertz CT molecular complexity index is 549. The van der Waals surface area contributed by atoms with Crippen LogP contribution in [0.5, 0.6) is 0 Å². The highest BCUT2D eigenvalue weighted by Gasteiger charge is 2.02. The predicted octanol–water partition coefficient (Wildman–Crippen LogP) is 2.17. The molecule has 2 heterocycles. The monoisotopic (exact) mass is 216 g/mol. The minimum absolute atomic E-state index is 0.153. The van der Waals surface area contributed by atoms with Gasteiger partial charge < -0.3 is 4.98 Å². The van der Waals surface area contributed by atoms with Gasteiger partial charge in [-0.15, -0.1) is 11.3 Å². The molecule has 0 saturated heterocycles. The summed E-state index contributed by atoms with van der Waals surface area (Å²) in [5.41, 5.74) is 1.14. The summed E-state index contributed by atoms with van der Waals surface area (Å²) >= 11 is 1.57. The fourth-order valence-corrected chi connectivity index (χ4v) is 2.01. The van der Waals surface area contributed by atoms with Gasteiger partial charge in [0.2, 0.25) is 0 Å². The van der Waals surface area contributed by atoms with E-state index in [2.05, 4.69) is 4.98 Å². The summed E-state index contributed by atoms with van der Waals surface area (Å²) in [5, 5.41) is 10.5. The minimum Gasteiger partial charge on any atom is -0.321 e. The molecule has 0 bridgehead atoms. The molecule has 4 heteroatoms. The zero-order chi connectivity index (χ0) is 10.7. The Morgan fingerprint density at radius 2 is 2.27 bits per heavy atom. The van der Waals surface area contributed by atoms with E-state index in [0.29, 0.717) is 5.56 Å².